The van der Waals surface area contributed by atoms with Crippen LogP contribution in [0.5, 0.6) is 0 Å². The SMILES string of the molecule is CCn1nc(C(C)c2cc(F)c(CN3[C@@H](C)CC[C@H](c4ccccc4)S3(=O)=O)cc2F)oc1=O. The average Bonchev–Trinajstić information content (AvgIpc) is 3.19. The molecule has 1 aliphatic rings. The molecule has 7 nitrogen and oxygen atoms in total. The molecule has 1 saturated heterocycles. The number of rotatable bonds is 6. The summed E-state index contributed by atoms with van der Waals surface area (Å²) in [6.45, 7) is 5.06. The summed E-state index contributed by atoms with van der Waals surface area (Å²) >= 11 is 0. The van der Waals surface area contributed by atoms with E-state index in [1.54, 1.807) is 45.0 Å². The van der Waals surface area contributed by atoms with Crippen molar-refractivity contribution in [3.05, 3.63) is 87.2 Å². The zero-order chi connectivity index (χ0) is 24.6. The van der Waals surface area contributed by atoms with Gasteiger partial charge in [0.2, 0.25) is 15.9 Å². The van der Waals surface area contributed by atoms with Crippen LogP contribution in [0.15, 0.2) is 51.7 Å². The van der Waals surface area contributed by atoms with Gasteiger partial charge in [0.25, 0.3) is 0 Å². The number of sulfonamides is 1. The van der Waals surface area contributed by atoms with Gasteiger partial charge in [0.1, 0.15) is 16.9 Å². The van der Waals surface area contributed by atoms with Crippen LogP contribution in [0.4, 0.5) is 8.78 Å². The monoisotopic (exact) mass is 491 g/mol. The third kappa shape index (κ3) is 4.44. The number of hydrogen-bond acceptors (Lipinski definition) is 5. The van der Waals surface area contributed by atoms with Crippen molar-refractivity contribution in [1.82, 2.24) is 14.1 Å². The largest absolute Gasteiger partial charge is 0.437 e. The summed E-state index contributed by atoms with van der Waals surface area (Å²) in [6, 6.07) is 10.6. The smallest absolute Gasteiger partial charge is 0.392 e. The number of aryl methyl sites for hydroxylation is 1. The Morgan fingerprint density at radius 2 is 1.85 bits per heavy atom. The summed E-state index contributed by atoms with van der Waals surface area (Å²) in [6.07, 6.45) is 1.07. The minimum absolute atomic E-state index is 0.0177. The fraction of sp³-hybridized carbons (Fsp3) is 0.417. The number of benzene rings is 2. The number of nitrogens with zero attached hydrogens (tertiary/aromatic N) is 3. The highest BCUT2D eigenvalue weighted by Gasteiger charge is 2.40. The van der Waals surface area contributed by atoms with Crippen LogP contribution < -0.4 is 5.76 Å². The van der Waals surface area contributed by atoms with E-state index >= 15 is 8.78 Å². The molecule has 3 aromatic rings. The van der Waals surface area contributed by atoms with Gasteiger partial charge >= 0.3 is 5.76 Å². The molecule has 182 valence electrons. The van der Waals surface area contributed by atoms with Gasteiger partial charge in [0.05, 0.1) is 5.92 Å². The molecule has 0 aliphatic carbocycles. The van der Waals surface area contributed by atoms with E-state index in [-0.39, 0.29) is 36.1 Å². The molecule has 0 bridgehead atoms. The molecule has 0 spiro atoms. The van der Waals surface area contributed by atoms with Crippen LogP contribution in [0.25, 0.3) is 0 Å². The van der Waals surface area contributed by atoms with E-state index in [2.05, 4.69) is 5.10 Å². The maximum Gasteiger partial charge on any atom is 0.437 e. The van der Waals surface area contributed by atoms with Crippen molar-refractivity contribution in [3.63, 3.8) is 0 Å². The molecule has 1 aromatic heterocycles. The van der Waals surface area contributed by atoms with Gasteiger partial charge in [-0.2, -0.15) is 8.99 Å². The molecule has 2 aromatic carbocycles. The molecule has 3 atom stereocenters. The number of aromatic nitrogens is 2. The molecule has 2 heterocycles. The van der Waals surface area contributed by atoms with Gasteiger partial charge in [-0.1, -0.05) is 30.3 Å². The third-order valence-corrected chi connectivity index (χ3v) is 8.82. The summed E-state index contributed by atoms with van der Waals surface area (Å²) in [5.41, 5.74) is 0.601. The molecule has 0 saturated carbocycles. The van der Waals surface area contributed by atoms with Crippen molar-refractivity contribution in [1.29, 1.82) is 0 Å². The first kappa shape index (κ1) is 24.3. The van der Waals surface area contributed by atoms with E-state index < -0.39 is 38.6 Å². The molecule has 1 aliphatic heterocycles. The average molecular weight is 492 g/mol. The number of hydrogen-bond donors (Lipinski definition) is 0. The summed E-state index contributed by atoms with van der Waals surface area (Å²) < 4.78 is 64.4. The van der Waals surface area contributed by atoms with Gasteiger partial charge in [0, 0.05) is 30.3 Å². The van der Waals surface area contributed by atoms with Crippen LogP contribution in [0.1, 0.15) is 67.4 Å². The Morgan fingerprint density at radius 3 is 2.50 bits per heavy atom. The fourth-order valence-electron chi connectivity index (χ4n) is 4.41. The van der Waals surface area contributed by atoms with Crippen LogP contribution in [-0.2, 0) is 23.1 Å². The first-order valence-corrected chi connectivity index (χ1v) is 12.7. The second-order valence-electron chi connectivity index (χ2n) is 8.62. The van der Waals surface area contributed by atoms with Crippen LogP contribution in [-0.4, -0.2) is 28.5 Å². The normalized spacial score (nSPS) is 21.4. The van der Waals surface area contributed by atoms with E-state index in [4.69, 9.17) is 4.42 Å². The van der Waals surface area contributed by atoms with E-state index in [9.17, 15) is 13.2 Å². The quantitative estimate of drug-likeness (QED) is 0.512. The van der Waals surface area contributed by atoms with Gasteiger partial charge in [-0.05, 0) is 51.3 Å². The molecule has 10 heteroatoms. The minimum atomic E-state index is -3.79. The Labute approximate surface area is 197 Å². The van der Waals surface area contributed by atoms with Crippen LogP contribution in [0.3, 0.4) is 0 Å². The highest BCUT2D eigenvalue weighted by molar-refractivity contribution is 7.89. The molecular formula is C24H27F2N3O4S. The summed E-state index contributed by atoms with van der Waals surface area (Å²) in [4.78, 5) is 11.8. The van der Waals surface area contributed by atoms with E-state index in [0.29, 0.717) is 18.4 Å². The van der Waals surface area contributed by atoms with Gasteiger partial charge in [-0.3, -0.25) is 0 Å². The first-order chi connectivity index (χ1) is 16.1. The minimum Gasteiger partial charge on any atom is -0.392 e. The highest BCUT2D eigenvalue weighted by Crippen LogP contribution is 2.38. The van der Waals surface area contributed by atoms with Gasteiger partial charge in [0.15, 0.2) is 0 Å². The molecule has 4 rings (SSSR count). The van der Waals surface area contributed by atoms with Crippen LogP contribution in [0, 0.1) is 11.6 Å². The zero-order valence-corrected chi connectivity index (χ0v) is 20.1. The summed E-state index contributed by atoms with van der Waals surface area (Å²) in [7, 11) is -3.79. The van der Waals surface area contributed by atoms with E-state index in [0.717, 1.165) is 16.8 Å². The van der Waals surface area contributed by atoms with Crippen molar-refractivity contribution in [2.45, 2.75) is 63.9 Å². The van der Waals surface area contributed by atoms with Crippen molar-refractivity contribution in [2.24, 2.45) is 0 Å². The van der Waals surface area contributed by atoms with Crippen LogP contribution >= 0.6 is 0 Å². The molecule has 0 amide bonds. The maximum atomic E-state index is 15.1. The summed E-state index contributed by atoms with van der Waals surface area (Å²) in [5, 5.41) is 3.29. The van der Waals surface area contributed by atoms with Gasteiger partial charge < -0.3 is 4.42 Å². The predicted molar refractivity (Wildman–Crippen MR) is 123 cm³/mol. The lowest BCUT2D eigenvalue weighted by Gasteiger charge is -2.37. The van der Waals surface area contributed by atoms with E-state index in [1.165, 1.54) is 4.31 Å². The Bertz CT molecular complexity index is 1340. The van der Waals surface area contributed by atoms with Gasteiger partial charge in [-0.25, -0.2) is 22.0 Å². The third-order valence-electron chi connectivity index (χ3n) is 6.45. The fourth-order valence-corrected chi connectivity index (χ4v) is 6.59. The van der Waals surface area contributed by atoms with Crippen molar-refractivity contribution >= 4 is 10.0 Å². The van der Waals surface area contributed by atoms with Gasteiger partial charge in [-0.15, -0.1) is 5.10 Å². The zero-order valence-electron chi connectivity index (χ0n) is 19.2. The Balaban J connectivity index is 1.63. The first-order valence-electron chi connectivity index (χ1n) is 11.2. The lowest BCUT2D eigenvalue weighted by molar-refractivity contribution is 0.278. The Hall–Kier alpha value is -2.85. The second kappa shape index (κ2) is 9.42. The van der Waals surface area contributed by atoms with E-state index in [1.807, 2.05) is 6.07 Å². The number of halogens is 2. The van der Waals surface area contributed by atoms with Crippen LogP contribution in [0.2, 0.25) is 0 Å². The molecule has 0 N–H and O–H groups in total. The molecule has 1 fully saturated rings. The van der Waals surface area contributed by atoms with Crippen molar-refractivity contribution in [3.8, 4) is 0 Å². The lowest BCUT2D eigenvalue weighted by Crippen LogP contribution is -2.44. The maximum absolute atomic E-state index is 15.1. The molecular weight excluding hydrogens is 464 g/mol. The Morgan fingerprint density at radius 1 is 1.15 bits per heavy atom. The topological polar surface area (TPSA) is 85.4 Å². The standard InChI is InChI=1S/C24H27F2N3O4S/c1-4-28-24(30)33-23(27-28)16(3)19-13-20(25)18(12-21(19)26)14-29-15(2)10-11-22(34(29,31)32)17-8-6-5-7-9-17/h5-9,12-13,15-16,22H,4,10-11,14H2,1-3H3/t15-,16?,22+/m0/s1. The Kier molecular flexibility index (Phi) is 6.73. The molecule has 1 unspecified atom stereocenters. The predicted octanol–water partition coefficient (Wildman–Crippen LogP) is 4.34. The second-order valence-corrected chi connectivity index (χ2v) is 10.7. The highest BCUT2D eigenvalue weighted by atomic mass is 32.2. The molecule has 0 radical (unpaired) electrons. The molecule has 34 heavy (non-hydrogen) atoms. The summed E-state index contributed by atoms with van der Waals surface area (Å²) in [5.74, 6) is -2.94. The lowest BCUT2D eigenvalue weighted by atomic mass is 9.98. The van der Waals surface area contributed by atoms with Crippen molar-refractivity contribution < 1.29 is 21.6 Å². The van der Waals surface area contributed by atoms with Crippen molar-refractivity contribution in [2.75, 3.05) is 0 Å².